The summed E-state index contributed by atoms with van der Waals surface area (Å²) in [6.07, 6.45) is 3.18. The minimum Gasteiger partial charge on any atom is -0.326 e. The number of carbonyl (C=O) groups is 2. The summed E-state index contributed by atoms with van der Waals surface area (Å²) in [5.74, 6) is -0.719. The fourth-order valence-electron chi connectivity index (χ4n) is 3.92. The molecule has 0 radical (unpaired) electrons. The summed E-state index contributed by atoms with van der Waals surface area (Å²) in [5, 5.41) is 4.64. The molecule has 1 aliphatic heterocycles. The van der Waals surface area contributed by atoms with Crippen LogP contribution in [0.25, 0.3) is 10.9 Å². The number of nitrogens with zero attached hydrogens (tertiary/aromatic N) is 4. The van der Waals surface area contributed by atoms with Crippen LogP contribution in [0.15, 0.2) is 78.0 Å². The van der Waals surface area contributed by atoms with Crippen LogP contribution in [-0.2, 0) is 16.4 Å². The number of nitrogens with two attached hydrogens (primary N) is 1. The second-order valence-corrected chi connectivity index (χ2v) is 9.54. The van der Waals surface area contributed by atoms with Crippen LogP contribution in [0.2, 0.25) is 0 Å². The Kier molecular flexibility index (Phi) is 6.22. The van der Waals surface area contributed by atoms with Gasteiger partial charge in [-0.2, -0.15) is 17.6 Å². The second kappa shape index (κ2) is 8.98. The minimum atomic E-state index is -3.85. The number of amides is 2. The third-order valence-electron chi connectivity index (χ3n) is 5.51. The van der Waals surface area contributed by atoms with Crippen molar-refractivity contribution < 1.29 is 18.0 Å². The van der Waals surface area contributed by atoms with Crippen molar-refractivity contribution in [1.82, 2.24) is 19.1 Å². The van der Waals surface area contributed by atoms with E-state index in [1.54, 1.807) is 48.5 Å². The van der Waals surface area contributed by atoms with Crippen molar-refractivity contribution in [1.29, 1.82) is 0 Å². The molecule has 3 heterocycles. The number of halogens is 1. The normalized spacial score (nSPS) is 14.2. The molecule has 5 rings (SSSR count). The van der Waals surface area contributed by atoms with Gasteiger partial charge in [0.2, 0.25) is 0 Å². The molecule has 174 valence electrons. The SMILES string of the molecule is Cl.NC(Cc1cc2cnn(S(=O)(=O)c3ccccc3)c2cn1)CN1C(=O)c2ccccc2C1=O. The quantitative estimate of drug-likeness (QED) is 0.404. The number of benzene rings is 2. The number of aromatic nitrogens is 3. The summed E-state index contributed by atoms with van der Waals surface area (Å²) >= 11 is 0. The van der Waals surface area contributed by atoms with Crippen LogP contribution in [0.5, 0.6) is 0 Å². The van der Waals surface area contributed by atoms with Crippen LogP contribution in [0, 0.1) is 0 Å². The summed E-state index contributed by atoms with van der Waals surface area (Å²) in [5.41, 5.74) is 7.93. The number of hydrogen-bond acceptors (Lipinski definition) is 7. The standard InChI is InChI=1S/C23H19N5O4S.ClH/c24-16(14-27-22(29)19-8-4-5-9-20(19)23(27)30)11-17-10-15-12-26-28(21(15)13-25-17)33(31,32)18-6-2-1-3-7-18;/h1-10,12-13,16H,11,14,24H2;1H. The third kappa shape index (κ3) is 3.96. The smallest absolute Gasteiger partial charge is 0.283 e. The van der Waals surface area contributed by atoms with Crippen molar-refractivity contribution in [2.45, 2.75) is 17.4 Å². The fourth-order valence-corrected chi connectivity index (χ4v) is 5.20. The predicted molar refractivity (Wildman–Crippen MR) is 127 cm³/mol. The maximum atomic E-state index is 12.9. The van der Waals surface area contributed by atoms with Crippen molar-refractivity contribution in [2.24, 2.45) is 5.73 Å². The molecule has 0 bridgehead atoms. The van der Waals surface area contributed by atoms with E-state index in [0.29, 0.717) is 34.1 Å². The van der Waals surface area contributed by atoms with E-state index in [1.807, 2.05) is 0 Å². The molecule has 1 atom stereocenters. The van der Waals surface area contributed by atoms with Crippen molar-refractivity contribution >= 4 is 45.1 Å². The van der Waals surface area contributed by atoms with E-state index in [4.69, 9.17) is 5.73 Å². The minimum absolute atomic E-state index is 0. The summed E-state index contributed by atoms with van der Waals surface area (Å²) < 4.78 is 26.8. The highest BCUT2D eigenvalue weighted by atomic mass is 35.5. The van der Waals surface area contributed by atoms with Gasteiger partial charge in [-0.25, -0.2) is 0 Å². The first-order valence-corrected chi connectivity index (χ1v) is 11.6. The lowest BCUT2D eigenvalue weighted by Crippen LogP contribution is -2.42. The highest BCUT2D eigenvalue weighted by Crippen LogP contribution is 2.23. The van der Waals surface area contributed by atoms with Gasteiger partial charge in [0.15, 0.2) is 0 Å². The first kappa shape index (κ1) is 23.6. The zero-order valence-corrected chi connectivity index (χ0v) is 19.4. The molecule has 2 amide bonds. The Morgan fingerprint density at radius 2 is 1.53 bits per heavy atom. The molecule has 1 aliphatic rings. The lowest BCUT2D eigenvalue weighted by Gasteiger charge is -2.19. The number of hydrogen-bond donors (Lipinski definition) is 1. The predicted octanol–water partition coefficient (Wildman–Crippen LogP) is 2.26. The first-order valence-electron chi connectivity index (χ1n) is 10.2. The summed E-state index contributed by atoms with van der Waals surface area (Å²) in [6, 6.07) is 15.9. The molecule has 2 N–H and O–H groups in total. The van der Waals surface area contributed by atoms with Gasteiger partial charge in [-0.05, 0) is 30.3 Å². The van der Waals surface area contributed by atoms with Crippen LogP contribution in [-0.4, -0.2) is 51.9 Å². The number of carbonyl (C=O) groups excluding carboxylic acids is 2. The lowest BCUT2D eigenvalue weighted by atomic mass is 10.1. The molecule has 2 aromatic heterocycles. The molecule has 4 aromatic rings. The van der Waals surface area contributed by atoms with E-state index < -0.39 is 16.1 Å². The first-order chi connectivity index (χ1) is 15.9. The number of pyridine rings is 1. The number of imide groups is 1. The van der Waals surface area contributed by atoms with Crippen molar-refractivity contribution in [2.75, 3.05) is 6.54 Å². The molecule has 34 heavy (non-hydrogen) atoms. The van der Waals surface area contributed by atoms with Crippen LogP contribution in [0.4, 0.5) is 0 Å². The van der Waals surface area contributed by atoms with Crippen molar-refractivity contribution in [3.05, 3.63) is 89.9 Å². The average Bonchev–Trinajstić information content (AvgIpc) is 3.35. The molecule has 0 spiro atoms. The van der Waals surface area contributed by atoms with Gasteiger partial charge in [-0.15, -0.1) is 12.4 Å². The monoisotopic (exact) mass is 497 g/mol. The highest BCUT2D eigenvalue weighted by Gasteiger charge is 2.35. The largest absolute Gasteiger partial charge is 0.326 e. The van der Waals surface area contributed by atoms with E-state index in [-0.39, 0.29) is 35.7 Å². The Bertz CT molecular complexity index is 1470. The summed E-state index contributed by atoms with van der Waals surface area (Å²) in [7, 11) is -3.85. The molecule has 1 unspecified atom stereocenters. The van der Waals surface area contributed by atoms with Gasteiger partial charge in [-0.1, -0.05) is 30.3 Å². The van der Waals surface area contributed by atoms with Gasteiger partial charge in [0.05, 0.1) is 28.4 Å². The number of fused-ring (bicyclic) bond motifs is 2. The Labute approximate surface area is 201 Å². The summed E-state index contributed by atoms with van der Waals surface area (Å²) in [4.78, 5) is 30.7. The average molecular weight is 498 g/mol. The molecule has 0 saturated carbocycles. The van der Waals surface area contributed by atoms with Gasteiger partial charge in [0, 0.05) is 30.1 Å². The molecule has 9 nitrogen and oxygen atoms in total. The van der Waals surface area contributed by atoms with E-state index >= 15 is 0 Å². The third-order valence-corrected chi connectivity index (χ3v) is 7.13. The van der Waals surface area contributed by atoms with Crippen LogP contribution in [0.1, 0.15) is 26.4 Å². The van der Waals surface area contributed by atoms with E-state index in [9.17, 15) is 18.0 Å². The van der Waals surface area contributed by atoms with Gasteiger partial charge >= 0.3 is 0 Å². The van der Waals surface area contributed by atoms with Gasteiger partial charge in [0.25, 0.3) is 21.8 Å². The molecular weight excluding hydrogens is 478 g/mol. The van der Waals surface area contributed by atoms with Gasteiger partial charge in [-0.3, -0.25) is 19.5 Å². The molecule has 0 saturated heterocycles. The fraction of sp³-hybridized carbons (Fsp3) is 0.130. The Morgan fingerprint density at radius 3 is 2.18 bits per heavy atom. The number of rotatable bonds is 6. The Balaban J connectivity index is 0.00000274. The maximum Gasteiger partial charge on any atom is 0.283 e. The van der Waals surface area contributed by atoms with Crippen LogP contribution < -0.4 is 5.73 Å². The second-order valence-electron chi connectivity index (χ2n) is 7.77. The van der Waals surface area contributed by atoms with Gasteiger partial charge in [0.1, 0.15) is 5.52 Å². The zero-order valence-electron chi connectivity index (χ0n) is 17.7. The van der Waals surface area contributed by atoms with Gasteiger partial charge < -0.3 is 5.73 Å². The summed E-state index contributed by atoms with van der Waals surface area (Å²) in [6.45, 7) is 0.0493. The molecule has 2 aromatic carbocycles. The van der Waals surface area contributed by atoms with E-state index in [0.717, 1.165) is 8.99 Å². The molecule has 0 fully saturated rings. The zero-order chi connectivity index (χ0) is 23.2. The van der Waals surface area contributed by atoms with Crippen molar-refractivity contribution in [3.63, 3.8) is 0 Å². The molecule has 11 heteroatoms. The van der Waals surface area contributed by atoms with E-state index in [2.05, 4.69) is 10.1 Å². The van der Waals surface area contributed by atoms with Crippen molar-refractivity contribution in [3.8, 4) is 0 Å². The van der Waals surface area contributed by atoms with E-state index in [1.165, 1.54) is 24.5 Å². The Morgan fingerprint density at radius 1 is 0.912 bits per heavy atom. The van der Waals surface area contributed by atoms with Crippen LogP contribution in [0.3, 0.4) is 0 Å². The highest BCUT2D eigenvalue weighted by molar-refractivity contribution is 7.90. The topological polar surface area (TPSA) is 128 Å². The maximum absolute atomic E-state index is 12.9. The van der Waals surface area contributed by atoms with Crippen LogP contribution >= 0.6 is 12.4 Å². The molecule has 0 aliphatic carbocycles. The molecular formula is C23H20ClN5O4S. The Hall–Kier alpha value is -3.60. The lowest BCUT2D eigenvalue weighted by molar-refractivity contribution is 0.0644.